The summed E-state index contributed by atoms with van der Waals surface area (Å²) in [6.45, 7) is 3.52. The Labute approximate surface area is 223 Å². The number of H-pyrrole nitrogens is 1. The van der Waals surface area contributed by atoms with Gasteiger partial charge in [-0.2, -0.15) is 0 Å². The van der Waals surface area contributed by atoms with Crippen molar-refractivity contribution in [1.82, 2.24) is 20.9 Å². The van der Waals surface area contributed by atoms with E-state index in [2.05, 4.69) is 20.9 Å². The topological polar surface area (TPSA) is 247 Å². The van der Waals surface area contributed by atoms with Crippen LogP contribution in [0.2, 0.25) is 0 Å². The van der Waals surface area contributed by atoms with Gasteiger partial charge in [0.2, 0.25) is 23.6 Å². The molecule has 14 nitrogen and oxygen atoms in total. The Bertz CT molecular complexity index is 1230. The number of carboxylic acid groups (broad SMARTS) is 2. The van der Waals surface area contributed by atoms with Crippen LogP contribution >= 0.6 is 0 Å². The van der Waals surface area contributed by atoms with Crippen LogP contribution < -0.4 is 27.4 Å². The van der Waals surface area contributed by atoms with Gasteiger partial charge in [0.15, 0.2) is 0 Å². The third-order valence-electron chi connectivity index (χ3n) is 5.82. The second-order valence-corrected chi connectivity index (χ2v) is 9.59. The highest BCUT2D eigenvalue weighted by Crippen LogP contribution is 2.19. The minimum absolute atomic E-state index is 0.0821. The van der Waals surface area contributed by atoms with Crippen LogP contribution in [0.3, 0.4) is 0 Å². The van der Waals surface area contributed by atoms with Crippen LogP contribution in [0.1, 0.15) is 38.7 Å². The number of hydrogen-bond acceptors (Lipinski definition) is 7. The Hall–Kier alpha value is -4.46. The molecule has 4 atom stereocenters. The summed E-state index contributed by atoms with van der Waals surface area (Å²) in [5.41, 5.74) is 12.3. The first kappa shape index (κ1) is 30.8. The molecule has 14 heteroatoms. The van der Waals surface area contributed by atoms with Crippen LogP contribution in [0.5, 0.6) is 0 Å². The lowest BCUT2D eigenvalue weighted by Gasteiger charge is -2.25. The van der Waals surface area contributed by atoms with E-state index in [4.69, 9.17) is 16.6 Å². The van der Waals surface area contributed by atoms with E-state index in [9.17, 15) is 33.9 Å². The summed E-state index contributed by atoms with van der Waals surface area (Å²) < 4.78 is 0. The number of carboxylic acids is 2. The van der Waals surface area contributed by atoms with Crippen LogP contribution in [0.15, 0.2) is 30.5 Å². The van der Waals surface area contributed by atoms with Gasteiger partial charge in [0.05, 0.1) is 18.9 Å². The van der Waals surface area contributed by atoms with Crippen molar-refractivity contribution in [3.63, 3.8) is 0 Å². The first-order chi connectivity index (χ1) is 18.3. The average Bonchev–Trinajstić information content (AvgIpc) is 3.24. The number of benzene rings is 1. The summed E-state index contributed by atoms with van der Waals surface area (Å²) in [5.74, 6) is -6.39. The lowest BCUT2D eigenvalue weighted by atomic mass is 10.0. The van der Waals surface area contributed by atoms with Crippen molar-refractivity contribution >= 4 is 46.5 Å². The predicted molar refractivity (Wildman–Crippen MR) is 139 cm³/mol. The van der Waals surface area contributed by atoms with E-state index in [0.717, 1.165) is 10.9 Å². The SMILES string of the molecule is CC(C)CC(NC(=O)C(CC(N)=O)NC(=O)C(Cc1c[nH]c2ccccc12)NC(=O)C(N)CC(=O)O)C(=O)O. The molecule has 1 heterocycles. The van der Waals surface area contributed by atoms with Crippen molar-refractivity contribution in [3.05, 3.63) is 36.0 Å². The molecule has 2 rings (SSSR count). The number of primary amides is 1. The van der Waals surface area contributed by atoms with Gasteiger partial charge in [-0.25, -0.2) is 4.79 Å². The summed E-state index contributed by atoms with van der Waals surface area (Å²) in [4.78, 5) is 76.1. The maximum Gasteiger partial charge on any atom is 0.326 e. The summed E-state index contributed by atoms with van der Waals surface area (Å²) in [6.07, 6.45) is 0.311. The average molecular weight is 547 g/mol. The van der Waals surface area contributed by atoms with Gasteiger partial charge in [0.1, 0.15) is 18.1 Å². The van der Waals surface area contributed by atoms with Crippen molar-refractivity contribution in [2.24, 2.45) is 17.4 Å². The van der Waals surface area contributed by atoms with Gasteiger partial charge in [0, 0.05) is 23.5 Å². The molecule has 4 amide bonds. The molecule has 0 saturated heterocycles. The molecular weight excluding hydrogens is 512 g/mol. The summed E-state index contributed by atoms with van der Waals surface area (Å²) in [6, 6.07) is 1.55. The smallest absolute Gasteiger partial charge is 0.326 e. The molecule has 4 unspecified atom stereocenters. The molecule has 0 aliphatic heterocycles. The van der Waals surface area contributed by atoms with Crippen molar-refractivity contribution in [1.29, 1.82) is 0 Å². The van der Waals surface area contributed by atoms with Crippen LogP contribution in [0, 0.1) is 5.92 Å². The molecule has 2 aromatic rings. The Balaban J connectivity index is 2.31. The molecule has 0 fully saturated rings. The highest BCUT2D eigenvalue weighted by molar-refractivity contribution is 5.97. The number of nitrogens with one attached hydrogen (secondary N) is 4. The molecule has 1 aromatic carbocycles. The number of amides is 4. The summed E-state index contributed by atoms with van der Waals surface area (Å²) in [7, 11) is 0. The van der Waals surface area contributed by atoms with Gasteiger partial charge < -0.3 is 42.6 Å². The molecule has 0 radical (unpaired) electrons. The molecule has 10 N–H and O–H groups in total. The number of carbonyl (C=O) groups is 6. The van der Waals surface area contributed by atoms with Gasteiger partial charge >= 0.3 is 11.9 Å². The molecule has 39 heavy (non-hydrogen) atoms. The zero-order chi connectivity index (χ0) is 29.3. The zero-order valence-electron chi connectivity index (χ0n) is 21.6. The second kappa shape index (κ2) is 13.9. The Morgan fingerprint density at radius 3 is 2.05 bits per heavy atom. The van der Waals surface area contributed by atoms with E-state index >= 15 is 0 Å². The van der Waals surface area contributed by atoms with Crippen molar-refractivity contribution in [2.45, 2.75) is 63.7 Å². The van der Waals surface area contributed by atoms with Crippen molar-refractivity contribution in [3.8, 4) is 0 Å². The van der Waals surface area contributed by atoms with E-state index in [-0.39, 0.29) is 18.8 Å². The fraction of sp³-hybridized carbons (Fsp3) is 0.440. The predicted octanol–water partition coefficient (Wildman–Crippen LogP) is -1.03. The molecule has 0 aliphatic carbocycles. The maximum absolute atomic E-state index is 13.3. The van der Waals surface area contributed by atoms with E-state index in [1.165, 1.54) is 0 Å². The van der Waals surface area contributed by atoms with Gasteiger partial charge in [-0.3, -0.25) is 24.0 Å². The van der Waals surface area contributed by atoms with Crippen LogP contribution in [0.4, 0.5) is 0 Å². The minimum Gasteiger partial charge on any atom is -0.481 e. The largest absolute Gasteiger partial charge is 0.481 e. The molecule has 1 aromatic heterocycles. The molecule has 212 valence electrons. The number of carbonyl (C=O) groups excluding carboxylic acids is 4. The number of aromatic amines is 1. The number of aliphatic carboxylic acids is 2. The van der Waals surface area contributed by atoms with Crippen LogP contribution in [-0.4, -0.2) is 74.9 Å². The van der Waals surface area contributed by atoms with Crippen LogP contribution in [0.25, 0.3) is 10.9 Å². The first-order valence-corrected chi connectivity index (χ1v) is 12.2. The van der Waals surface area contributed by atoms with Gasteiger partial charge in [-0.15, -0.1) is 0 Å². The van der Waals surface area contributed by atoms with Gasteiger partial charge in [0.25, 0.3) is 0 Å². The summed E-state index contributed by atoms with van der Waals surface area (Å²) in [5, 5.41) is 26.2. The number of fused-ring (bicyclic) bond motifs is 1. The monoisotopic (exact) mass is 546 g/mol. The highest BCUT2D eigenvalue weighted by atomic mass is 16.4. The Kier molecular flexibility index (Phi) is 11.0. The standard InChI is InChI=1S/C25H34N6O8/c1-12(2)7-19(25(38)39)31-24(37)18(10-20(27)32)30-23(36)17(29-22(35)15(26)9-21(33)34)8-13-11-28-16-6-4-3-5-14(13)16/h3-6,11-12,15,17-19,28H,7-10,26H2,1-2H3,(H2,27,32)(H,29,35)(H,30,36)(H,31,37)(H,33,34)(H,38,39). The number of para-hydroxylation sites is 1. The first-order valence-electron chi connectivity index (χ1n) is 12.2. The summed E-state index contributed by atoms with van der Waals surface area (Å²) >= 11 is 0. The van der Waals surface area contributed by atoms with Gasteiger partial charge in [-0.05, 0) is 24.0 Å². The lowest BCUT2D eigenvalue weighted by Crippen LogP contribution is -2.58. The van der Waals surface area contributed by atoms with Gasteiger partial charge in [-0.1, -0.05) is 32.0 Å². The molecule has 0 saturated carbocycles. The fourth-order valence-electron chi connectivity index (χ4n) is 3.94. The second-order valence-electron chi connectivity index (χ2n) is 9.59. The lowest BCUT2D eigenvalue weighted by molar-refractivity contribution is -0.143. The Morgan fingerprint density at radius 1 is 0.872 bits per heavy atom. The Morgan fingerprint density at radius 2 is 1.46 bits per heavy atom. The van der Waals surface area contributed by atoms with Crippen molar-refractivity contribution < 1.29 is 39.0 Å². The number of hydrogen-bond donors (Lipinski definition) is 8. The maximum atomic E-state index is 13.3. The third-order valence-corrected chi connectivity index (χ3v) is 5.82. The van der Waals surface area contributed by atoms with E-state index in [0.29, 0.717) is 5.56 Å². The highest BCUT2D eigenvalue weighted by Gasteiger charge is 2.32. The fourth-order valence-corrected chi connectivity index (χ4v) is 3.94. The third kappa shape index (κ3) is 9.41. The van der Waals surface area contributed by atoms with E-state index in [1.54, 1.807) is 44.3 Å². The molecular formula is C25H34N6O8. The molecule has 0 spiro atoms. The number of aromatic nitrogens is 1. The van der Waals surface area contributed by atoms with E-state index < -0.39 is 72.6 Å². The number of nitrogens with two attached hydrogens (primary N) is 2. The minimum atomic E-state index is -1.54. The van der Waals surface area contributed by atoms with Crippen molar-refractivity contribution in [2.75, 3.05) is 0 Å². The van der Waals surface area contributed by atoms with Crippen LogP contribution in [-0.2, 0) is 35.2 Å². The molecule has 0 bridgehead atoms. The zero-order valence-corrected chi connectivity index (χ0v) is 21.6. The normalized spacial score (nSPS) is 14.2. The quantitative estimate of drug-likeness (QED) is 0.136. The van der Waals surface area contributed by atoms with E-state index in [1.807, 2.05) is 0 Å². The molecule has 0 aliphatic rings. The number of rotatable bonds is 15.